The largest absolute Gasteiger partial charge is 0.477 e. The summed E-state index contributed by atoms with van der Waals surface area (Å²) in [6, 6.07) is 3.71. The van der Waals surface area contributed by atoms with Gasteiger partial charge in [0.1, 0.15) is 17.1 Å². The molecule has 0 aliphatic heterocycles. The van der Waals surface area contributed by atoms with Crippen molar-refractivity contribution in [2.75, 3.05) is 0 Å². The summed E-state index contributed by atoms with van der Waals surface area (Å²) in [4.78, 5) is 15.3. The molecular weight excluding hydrogens is 234 g/mol. The zero-order chi connectivity index (χ0) is 12.9. The molecule has 0 unspecified atom stereocenters. The Bertz CT molecular complexity index is 748. The molecule has 0 amide bonds. The second kappa shape index (κ2) is 3.49. The maximum absolute atomic E-state index is 11.0. The van der Waals surface area contributed by atoms with Crippen LogP contribution in [-0.2, 0) is 7.05 Å². The summed E-state index contributed by atoms with van der Waals surface area (Å²) in [5, 5.41) is 8.99. The third kappa shape index (κ3) is 1.42. The van der Waals surface area contributed by atoms with E-state index in [-0.39, 0.29) is 5.69 Å². The Morgan fingerprint density at radius 2 is 2.17 bits per heavy atom. The van der Waals surface area contributed by atoms with Crippen molar-refractivity contribution in [2.45, 2.75) is 6.92 Å². The molecule has 0 atom stereocenters. The minimum absolute atomic E-state index is 0.194. The summed E-state index contributed by atoms with van der Waals surface area (Å²) >= 11 is 0. The summed E-state index contributed by atoms with van der Waals surface area (Å²) in [6.07, 6.45) is 3.28. The number of aromatic nitrogens is 3. The number of rotatable bonds is 2. The molecule has 0 bridgehead atoms. The molecule has 0 aliphatic rings. The summed E-state index contributed by atoms with van der Waals surface area (Å²) in [7, 11) is 1.67. The molecule has 3 heterocycles. The highest BCUT2D eigenvalue weighted by Crippen LogP contribution is 2.22. The van der Waals surface area contributed by atoms with Gasteiger partial charge in [0.15, 0.2) is 5.76 Å². The summed E-state index contributed by atoms with van der Waals surface area (Å²) < 4.78 is 8.69. The molecule has 0 radical (unpaired) electrons. The van der Waals surface area contributed by atoms with E-state index in [1.165, 1.54) is 10.8 Å². The van der Waals surface area contributed by atoms with Crippen LogP contribution < -0.4 is 0 Å². The fourth-order valence-electron chi connectivity index (χ4n) is 1.94. The molecule has 6 heteroatoms. The highest BCUT2D eigenvalue weighted by molar-refractivity contribution is 5.86. The van der Waals surface area contributed by atoms with Gasteiger partial charge in [-0.1, -0.05) is 0 Å². The van der Waals surface area contributed by atoms with E-state index in [1.54, 1.807) is 17.6 Å². The molecule has 3 rings (SSSR count). The highest BCUT2D eigenvalue weighted by Gasteiger charge is 2.16. The van der Waals surface area contributed by atoms with Crippen molar-refractivity contribution in [3.05, 3.63) is 36.0 Å². The standard InChI is InChI=1S/C12H11N3O3/c1-7-3-4-10(18-7)8-5-15-6-9(11(16)17)14(2)12(15)13-8/h3-6H,1-2H3,(H,16,17). The first-order valence-corrected chi connectivity index (χ1v) is 5.41. The van der Waals surface area contributed by atoms with Gasteiger partial charge in [0.2, 0.25) is 5.78 Å². The van der Waals surface area contributed by atoms with Gasteiger partial charge in [-0.05, 0) is 19.1 Å². The predicted molar refractivity (Wildman–Crippen MR) is 63.6 cm³/mol. The van der Waals surface area contributed by atoms with Crippen LogP contribution in [0, 0.1) is 6.92 Å². The molecule has 3 aromatic rings. The van der Waals surface area contributed by atoms with Gasteiger partial charge in [-0.15, -0.1) is 0 Å². The average molecular weight is 245 g/mol. The Balaban J connectivity index is 2.16. The van der Waals surface area contributed by atoms with E-state index in [0.717, 1.165) is 5.76 Å². The van der Waals surface area contributed by atoms with E-state index in [1.807, 2.05) is 19.1 Å². The smallest absolute Gasteiger partial charge is 0.354 e. The quantitative estimate of drug-likeness (QED) is 0.748. The van der Waals surface area contributed by atoms with Crippen molar-refractivity contribution >= 4 is 11.7 Å². The second-order valence-corrected chi connectivity index (χ2v) is 4.12. The Hall–Kier alpha value is -2.50. The van der Waals surface area contributed by atoms with Crippen LogP contribution in [0.15, 0.2) is 28.9 Å². The summed E-state index contributed by atoms with van der Waals surface area (Å²) in [5.41, 5.74) is 0.880. The predicted octanol–water partition coefficient (Wildman–Crippen LogP) is 1.94. The van der Waals surface area contributed by atoms with E-state index in [9.17, 15) is 4.79 Å². The molecule has 0 saturated heterocycles. The van der Waals surface area contributed by atoms with Crippen LogP contribution in [0.1, 0.15) is 16.2 Å². The Labute approximate surface area is 102 Å². The lowest BCUT2D eigenvalue weighted by Gasteiger charge is -1.94. The van der Waals surface area contributed by atoms with Crippen LogP contribution in [-0.4, -0.2) is 25.0 Å². The lowest BCUT2D eigenvalue weighted by molar-refractivity contribution is 0.0686. The maximum atomic E-state index is 11.0. The zero-order valence-corrected chi connectivity index (χ0v) is 9.91. The topological polar surface area (TPSA) is 72.7 Å². The van der Waals surface area contributed by atoms with Crippen LogP contribution in [0.2, 0.25) is 0 Å². The van der Waals surface area contributed by atoms with Gasteiger partial charge in [-0.3, -0.25) is 4.40 Å². The monoisotopic (exact) mass is 245 g/mol. The van der Waals surface area contributed by atoms with E-state index in [4.69, 9.17) is 9.52 Å². The second-order valence-electron chi connectivity index (χ2n) is 4.12. The molecule has 0 aliphatic carbocycles. The van der Waals surface area contributed by atoms with Gasteiger partial charge in [-0.25, -0.2) is 9.78 Å². The number of fused-ring (bicyclic) bond motifs is 1. The number of nitrogens with zero attached hydrogens (tertiary/aromatic N) is 3. The van der Waals surface area contributed by atoms with Crippen LogP contribution in [0.5, 0.6) is 0 Å². The number of imidazole rings is 2. The number of furan rings is 1. The Kier molecular flexibility index (Phi) is 2.07. The van der Waals surface area contributed by atoms with Crippen LogP contribution in [0.4, 0.5) is 0 Å². The molecule has 3 aromatic heterocycles. The van der Waals surface area contributed by atoms with Crippen LogP contribution >= 0.6 is 0 Å². The zero-order valence-electron chi connectivity index (χ0n) is 9.91. The number of aromatic carboxylic acids is 1. The molecular formula is C12H11N3O3. The number of carboxylic acids is 1. The molecule has 0 aromatic carbocycles. The van der Waals surface area contributed by atoms with Crippen molar-refractivity contribution in [1.29, 1.82) is 0 Å². The number of carbonyl (C=O) groups is 1. The third-order valence-electron chi connectivity index (χ3n) is 2.85. The number of carboxylic acid groups (broad SMARTS) is 1. The Morgan fingerprint density at radius 1 is 1.39 bits per heavy atom. The van der Waals surface area contributed by atoms with Crippen LogP contribution in [0.25, 0.3) is 17.2 Å². The van der Waals surface area contributed by atoms with Crippen molar-refractivity contribution in [1.82, 2.24) is 14.0 Å². The van der Waals surface area contributed by atoms with Crippen molar-refractivity contribution in [3.63, 3.8) is 0 Å². The Morgan fingerprint density at radius 3 is 2.72 bits per heavy atom. The molecule has 18 heavy (non-hydrogen) atoms. The first-order valence-electron chi connectivity index (χ1n) is 5.41. The minimum atomic E-state index is -0.974. The number of hydrogen-bond donors (Lipinski definition) is 1. The lowest BCUT2D eigenvalue weighted by atomic mass is 10.3. The lowest BCUT2D eigenvalue weighted by Crippen LogP contribution is -2.04. The van der Waals surface area contributed by atoms with Gasteiger partial charge in [0.05, 0.1) is 0 Å². The first-order chi connectivity index (χ1) is 8.56. The van der Waals surface area contributed by atoms with Gasteiger partial charge in [-0.2, -0.15) is 0 Å². The van der Waals surface area contributed by atoms with Gasteiger partial charge < -0.3 is 14.1 Å². The molecule has 0 saturated carbocycles. The van der Waals surface area contributed by atoms with E-state index < -0.39 is 5.97 Å². The minimum Gasteiger partial charge on any atom is -0.477 e. The molecule has 6 nitrogen and oxygen atoms in total. The van der Waals surface area contributed by atoms with Crippen molar-refractivity contribution < 1.29 is 14.3 Å². The molecule has 0 spiro atoms. The third-order valence-corrected chi connectivity index (χ3v) is 2.85. The normalized spacial score (nSPS) is 11.2. The number of hydrogen-bond acceptors (Lipinski definition) is 3. The number of aryl methyl sites for hydroxylation is 2. The van der Waals surface area contributed by atoms with E-state index in [0.29, 0.717) is 17.2 Å². The van der Waals surface area contributed by atoms with Gasteiger partial charge in [0.25, 0.3) is 0 Å². The fourth-order valence-corrected chi connectivity index (χ4v) is 1.94. The van der Waals surface area contributed by atoms with E-state index >= 15 is 0 Å². The van der Waals surface area contributed by atoms with E-state index in [2.05, 4.69) is 4.98 Å². The first kappa shape index (κ1) is 10.6. The maximum Gasteiger partial charge on any atom is 0.354 e. The highest BCUT2D eigenvalue weighted by atomic mass is 16.4. The van der Waals surface area contributed by atoms with Crippen molar-refractivity contribution in [2.24, 2.45) is 7.05 Å². The average Bonchev–Trinajstić information content (AvgIpc) is 2.95. The molecule has 1 N–H and O–H groups in total. The molecule has 0 fully saturated rings. The summed E-state index contributed by atoms with van der Waals surface area (Å²) in [6.45, 7) is 1.86. The van der Waals surface area contributed by atoms with Gasteiger partial charge >= 0.3 is 5.97 Å². The fraction of sp³-hybridized carbons (Fsp3) is 0.167. The SMILES string of the molecule is Cc1ccc(-c2cn3cc(C(=O)O)n(C)c3n2)o1. The van der Waals surface area contributed by atoms with Crippen LogP contribution in [0.3, 0.4) is 0 Å². The summed E-state index contributed by atoms with van der Waals surface area (Å²) in [5.74, 6) is 1.08. The van der Waals surface area contributed by atoms with Gasteiger partial charge in [0, 0.05) is 19.4 Å². The molecule has 92 valence electrons. The van der Waals surface area contributed by atoms with Crippen molar-refractivity contribution in [3.8, 4) is 11.5 Å².